The SMILES string of the molecule is CN(CC(=O)Nc1ccc(SC2CCCC2)cc1)S(=O)(=O)c1cccnc1. The quantitative estimate of drug-likeness (QED) is 0.764. The van der Waals surface area contributed by atoms with E-state index in [1.807, 2.05) is 36.0 Å². The molecule has 27 heavy (non-hydrogen) atoms. The van der Waals surface area contributed by atoms with Gasteiger partial charge >= 0.3 is 0 Å². The van der Waals surface area contributed by atoms with Gasteiger partial charge in [0.05, 0.1) is 6.54 Å². The fourth-order valence-electron chi connectivity index (χ4n) is 2.98. The Morgan fingerprint density at radius 1 is 1.22 bits per heavy atom. The normalized spacial score (nSPS) is 15.2. The van der Waals surface area contributed by atoms with Crippen LogP contribution in [0.15, 0.2) is 58.6 Å². The first kappa shape index (κ1) is 19.9. The molecule has 1 N–H and O–H groups in total. The van der Waals surface area contributed by atoms with Crippen LogP contribution in [-0.2, 0) is 14.8 Å². The van der Waals surface area contributed by atoms with Crippen LogP contribution in [0.1, 0.15) is 25.7 Å². The number of sulfonamides is 1. The van der Waals surface area contributed by atoms with Crippen LogP contribution in [0, 0.1) is 0 Å². The van der Waals surface area contributed by atoms with Crippen LogP contribution in [-0.4, -0.2) is 42.5 Å². The summed E-state index contributed by atoms with van der Waals surface area (Å²) in [5.74, 6) is -0.388. The number of hydrogen-bond acceptors (Lipinski definition) is 5. The molecule has 0 aliphatic heterocycles. The first-order valence-electron chi connectivity index (χ1n) is 8.88. The van der Waals surface area contributed by atoms with Crippen LogP contribution in [0.2, 0.25) is 0 Å². The van der Waals surface area contributed by atoms with Crippen molar-refractivity contribution < 1.29 is 13.2 Å². The van der Waals surface area contributed by atoms with Crippen LogP contribution in [0.25, 0.3) is 0 Å². The molecule has 1 aliphatic rings. The van der Waals surface area contributed by atoms with Crippen molar-refractivity contribution in [3.8, 4) is 0 Å². The molecule has 0 atom stereocenters. The van der Waals surface area contributed by atoms with Gasteiger partial charge in [0.15, 0.2) is 0 Å². The summed E-state index contributed by atoms with van der Waals surface area (Å²) in [7, 11) is -2.36. The topological polar surface area (TPSA) is 79.4 Å². The van der Waals surface area contributed by atoms with Crippen molar-refractivity contribution in [1.82, 2.24) is 9.29 Å². The van der Waals surface area contributed by atoms with E-state index in [9.17, 15) is 13.2 Å². The molecule has 1 fully saturated rings. The van der Waals surface area contributed by atoms with Gasteiger partial charge in [0.1, 0.15) is 4.90 Å². The Bertz CT molecular complexity index is 865. The Morgan fingerprint density at radius 2 is 1.93 bits per heavy atom. The summed E-state index contributed by atoms with van der Waals surface area (Å²) in [4.78, 5) is 17.3. The molecule has 6 nitrogen and oxygen atoms in total. The van der Waals surface area contributed by atoms with Gasteiger partial charge in [-0.05, 0) is 49.2 Å². The van der Waals surface area contributed by atoms with E-state index in [0.29, 0.717) is 10.9 Å². The van der Waals surface area contributed by atoms with Crippen LogP contribution >= 0.6 is 11.8 Å². The third kappa shape index (κ3) is 5.31. The maximum atomic E-state index is 12.4. The fraction of sp³-hybridized carbons (Fsp3) is 0.368. The predicted octanol–water partition coefficient (Wildman–Crippen LogP) is 3.38. The Balaban J connectivity index is 1.55. The number of carbonyl (C=O) groups excluding carboxylic acids is 1. The highest BCUT2D eigenvalue weighted by atomic mass is 32.2. The highest BCUT2D eigenvalue weighted by Gasteiger charge is 2.23. The van der Waals surface area contributed by atoms with Crippen molar-refractivity contribution in [1.29, 1.82) is 0 Å². The Morgan fingerprint density at radius 3 is 2.56 bits per heavy atom. The molecule has 2 aromatic rings. The molecular formula is C19H23N3O3S2. The van der Waals surface area contributed by atoms with Crippen molar-refractivity contribution in [2.24, 2.45) is 0 Å². The van der Waals surface area contributed by atoms with Gasteiger partial charge in [0, 0.05) is 35.3 Å². The number of amides is 1. The zero-order valence-corrected chi connectivity index (χ0v) is 16.8. The number of nitrogens with zero attached hydrogens (tertiary/aromatic N) is 2. The van der Waals surface area contributed by atoms with Gasteiger partial charge < -0.3 is 5.32 Å². The zero-order chi connectivity index (χ0) is 19.3. The molecule has 1 aromatic carbocycles. The minimum absolute atomic E-state index is 0.0635. The highest BCUT2D eigenvalue weighted by Crippen LogP contribution is 2.34. The third-order valence-electron chi connectivity index (χ3n) is 4.45. The molecule has 1 saturated carbocycles. The maximum absolute atomic E-state index is 12.4. The van der Waals surface area contributed by atoms with Gasteiger partial charge in [0.25, 0.3) is 0 Å². The molecule has 1 heterocycles. The minimum atomic E-state index is -3.74. The smallest absolute Gasteiger partial charge is 0.244 e. The number of hydrogen-bond donors (Lipinski definition) is 1. The summed E-state index contributed by atoms with van der Waals surface area (Å²) < 4.78 is 25.9. The van der Waals surface area contributed by atoms with E-state index < -0.39 is 10.0 Å². The van der Waals surface area contributed by atoms with Crippen molar-refractivity contribution >= 4 is 33.4 Å². The van der Waals surface area contributed by atoms with Gasteiger partial charge in [0.2, 0.25) is 15.9 Å². The number of pyridine rings is 1. The average Bonchev–Trinajstić information content (AvgIpc) is 3.17. The fourth-order valence-corrected chi connectivity index (χ4v) is 5.32. The number of likely N-dealkylation sites (N-methyl/N-ethyl adjacent to an activating group) is 1. The molecule has 1 amide bonds. The van der Waals surface area contributed by atoms with Crippen molar-refractivity contribution in [3.63, 3.8) is 0 Å². The number of thioether (sulfide) groups is 1. The summed E-state index contributed by atoms with van der Waals surface area (Å²) in [5.41, 5.74) is 0.656. The Kier molecular flexibility index (Phi) is 6.51. The summed E-state index contributed by atoms with van der Waals surface area (Å²) >= 11 is 1.88. The Hall–Kier alpha value is -1.90. The highest BCUT2D eigenvalue weighted by molar-refractivity contribution is 8.00. The molecule has 8 heteroatoms. The molecule has 0 spiro atoms. The first-order chi connectivity index (χ1) is 12.9. The van der Waals surface area contributed by atoms with E-state index in [4.69, 9.17) is 0 Å². The molecule has 0 radical (unpaired) electrons. The molecule has 0 saturated heterocycles. The minimum Gasteiger partial charge on any atom is -0.325 e. The summed E-state index contributed by atoms with van der Waals surface area (Å²) in [6.07, 6.45) is 7.91. The van der Waals surface area contributed by atoms with E-state index in [0.717, 1.165) is 4.31 Å². The van der Waals surface area contributed by atoms with Crippen LogP contribution in [0.5, 0.6) is 0 Å². The molecule has 0 bridgehead atoms. The van der Waals surface area contributed by atoms with Gasteiger partial charge in [-0.1, -0.05) is 12.8 Å². The molecule has 3 rings (SSSR count). The summed E-state index contributed by atoms with van der Waals surface area (Å²) in [6, 6.07) is 10.7. The largest absolute Gasteiger partial charge is 0.325 e. The Labute approximate surface area is 164 Å². The van der Waals surface area contributed by atoms with E-state index in [1.54, 1.807) is 6.07 Å². The second-order valence-electron chi connectivity index (χ2n) is 6.55. The number of benzene rings is 1. The number of rotatable bonds is 7. The molecular weight excluding hydrogens is 382 g/mol. The van der Waals surface area contributed by atoms with Crippen LogP contribution in [0.3, 0.4) is 0 Å². The van der Waals surface area contributed by atoms with Gasteiger partial charge in [-0.2, -0.15) is 4.31 Å². The zero-order valence-electron chi connectivity index (χ0n) is 15.2. The lowest BCUT2D eigenvalue weighted by molar-refractivity contribution is -0.116. The lowest BCUT2D eigenvalue weighted by atomic mass is 10.3. The second kappa shape index (κ2) is 8.86. The lowest BCUT2D eigenvalue weighted by Crippen LogP contribution is -2.35. The monoisotopic (exact) mass is 405 g/mol. The summed E-state index contributed by atoms with van der Waals surface area (Å²) in [5, 5.41) is 3.44. The van der Waals surface area contributed by atoms with Crippen molar-refractivity contribution in [2.45, 2.75) is 40.7 Å². The van der Waals surface area contributed by atoms with Crippen molar-refractivity contribution in [2.75, 3.05) is 18.9 Å². The van der Waals surface area contributed by atoms with E-state index in [1.165, 1.54) is 56.1 Å². The van der Waals surface area contributed by atoms with E-state index >= 15 is 0 Å². The number of nitrogens with one attached hydrogen (secondary N) is 1. The van der Waals surface area contributed by atoms with Crippen LogP contribution in [0.4, 0.5) is 5.69 Å². The van der Waals surface area contributed by atoms with E-state index in [-0.39, 0.29) is 17.3 Å². The second-order valence-corrected chi connectivity index (χ2v) is 9.97. The van der Waals surface area contributed by atoms with Gasteiger partial charge in [-0.15, -0.1) is 11.8 Å². The third-order valence-corrected chi connectivity index (χ3v) is 7.59. The van der Waals surface area contributed by atoms with Gasteiger partial charge in [-0.25, -0.2) is 8.42 Å². The molecule has 1 aromatic heterocycles. The number of anilines is 1. The number of aromatic nitrogens is 1. The van der Waals surface area contributed by atoms with Crippen molar-refractivity contribution in [3.05, 3.63) is 48.8 Å². The number of carbonyl (C=O) groups is 1. The molecule has 144 valence electrons. The van der Waals surface area contributed by atoms with Crippen LogP contribution < -0.4 is 5.32 Å². The predicted molar refractivity (Wildman–Crippen MR) is 107 cm³/mol. The standard InChI is InChI=1S/C19H23N3O3S2/c1-22(27(24,25)18-7-4-12-20-13-18)14-19(23)21-15-8-10-17(11-9-15)26-16-5-2-3-6-16/h4,7-13,16H,2-3,5-6,14H2,1H3,(H,21,23). The molecule has 1 aliphatic carbocycles. The lowest BCUT2D eigenvalue weighted by Gasteiger charge is -2.16. The maximum Gasteiger partial charge on any atom is 0.244 e. The molecule has 0 unspecified atom stereocenters. The van der Waals surface area contributed by atoms with E-state index in [2.05, 4.69) is 10.3 Å². The average molecular weight is 406 g/mol. The summed E-state index contributed by atoms with van der Waals surface area (Å²) in [6.45, 7) is -0.268. The van der Waals surface area contributed by atoms with Gasteiger partial charge in [-0.3, -0.25) is 9.78 Å². The first-order valence-corrected chi connectivity index (χ1v) is 11.2.